The maximum atomic E-state index is 12.9. The summed E-state index contributed by atoms with van der Waals surface area (Å²) in [7, 11) is 0. The van der Waals surface area contributed by atoms with Crippen LogP contribution in [0.25, 0.3) is 0 Å². The van der Waals surface area contributed by atoms with Crippen LogP contribution in [-0.4, -0.2) is 12.1 Å². The average molecular weight is 273 g/mol. The van der Waals surface area contributed by atoms with Gasteiger partial charge in [-0.2, -0.15) is 0 Å². The lowest BCUT2D eigenvalue weighted by Crippen LogP contribution is -2.30. The van der Waals surface area contributed by atoms with Gasteiger partial charge >= 0.3 is 6.03 Å². The first-order valence-corrected chi connectivity index (χ1v) is 5.47. The fourth-order valence-corrected chi connectivity index (χ4v) is 1.53. The van der Waals surface area contributed by atoms with Gasteiger partial charge < -0.3 is 10.6 Å². The molecule has 2 rings (SSSR count). The van der Waals surface area contributed by atoms with Gasteiger partial charge in [0.1, 0.15) is 5.82 Å². The molecule has 2 N–H and O–H groups in total. The molecule has 0 heterocycles. The summed E-state index contributed by atoms with van der Waals surface area (Å²) >= 11 is 3.05. The van der Waals surface area contributed by atoms with Crippen LogP contribution in [0.5, 0.6) is 0 Å². The van der Waals surface area contributed by atoms with E-state index in [9.17, 15) is 9.18 Å². The minimum absolute atomic E-state index is 0.240. The van der Waals surface area contributed by atoms with Crippen molar-refractivity contribution in [3.8, 4) is 0 Å². The second kappa shape index (κ2) is 4.18. The van der Waals surface area contributed by atoms with E-state index in [0.29, 0.717) is 16.2 Å². The molecule has 1 fully saturated rings. The van der Waals surface area contributed by atoms with E-state index in [2.05, 4.69) is 26.6 Å². The smallest absolute Gasteiger partial charge is 0.319 e. The first-order valence-electron chi connectivity index (χ1n) is 4.68. The lowest BCUT2D eigenvalue weighted by atomic mass is 10.3. The van der Waals surface area contributed by atoms with Crippen LogP contribution >= 0.6 is 15.9 Å². The molecule has 0 unspecified atom stereocenters. The highest BCUT2D eigenvalue weighted by atomic mass is 79.9. The molecule has 2 amide bonds. The van der Waals surface area contributed by atoms with Crippen molar-refractivity contribution in [1.82, 2.24) is 5.32 Å². The van der Waals surface area contributed by atoms with Crippen LogP contribution in [0.1, 0.15) is 12.8 Å². The molecule has 1 aromatic rings. The van der Waals surface area contributed by atoms with Crippen LogP contribution in [0.4, 0.5) is 14.9 Å². The van der Waals surface area contributed by atoms with Crippen molar-refractivity contribution in [2.75, 3.05) is 5.32 Å². The number of amides is 2. The van der Waals surface area contributed by atoms with Gasteiger partial charge in [0.05, 0.1) is 4.47 Å². The Hall–Kier alpha value is -1.10. The number of hydrogen-bond donors (Lipinski definition) is 2. The Balaban J connectivity index is 1.97. The van der Waals surface area contributed by atoms with Gasteiger partial charge in [-0.1, -0.05) is 0 Å². The summed E-state index contributed by atoms with van der Waals surface area (Å²) in [6.45, 7) is 0. The number of halogens is 2. The highest BCUT2D eigenvalue weighted by Gasteiger charge is 2.23. The van der Waals surface area contributed by atoms with Gasteiger partial charge in [-0.25, -0.2) is 9.18 Å². The van der Waals surface area contributed by atoms with E-state index in [1.54, 1.807) is 0 Å². The summed E-state index contributed by atoms with van der Waals surface area (Å²) in [5.41, 5.74) is 0.571. The minimum atomic E-state index is -0.344. The van der Waals surface area contributed by atoms with Gasteiger partial charge in [-0.3, -0.25) is 0 Å². The number of hydrogen-bond acceptors (Lipinski definition) is 1. The Labute approximate surface area is 95.2 Å². The molecule has 15 heavy (non-hydrogen) atoms. The Morgan fingerprint density at radius 3 is 2.80 bits per heavy atom. The molecule has 3 nitrogen and oxygen atoms in total. The molecule has 1 aromatic carbocycles. The highest BCUT2D eigenvalue weighted by molar-refractivity contribution is 9.10. The molecular formula is C10H10BrFN2O. The fourth-order valence-electron chi connectivity index (χ4n) is 1.15. The van der Waals surface area contributed by atoms with Crippen LogP contribution in [0.2, 0.25) is 0 Å². The van der Waals surface area contributed by atoms with Gasteiger partial charge in [0.25, 0.3) is 0 Å². The lowest BCUT2D eigenvalue weighted by Gasteiger charge is -2.06. The van der Waals surface area contributed by atoms with Crippen molar-refractivity contribution < 1.29 is 9.18 Å². The van der Waals surface area contributed by atoms with Gasteiger partial charge in [-0.05, 0) is 47.0 Å². The van der Waals surface area contributed by atoms with E-state index in [0.717, 1.165) is 12.8 Å². The van der Waals surface area contributed by atoms with Gasteiger partial charge in [-0.15, -0.1) is 0 Å². The van der Waals surface area contributed by atoms with Crippen LogP contribution in [-0.2, 0) is 0 Å². The number of nitrogens with one attached hydrogen (secondary N) is 2. The Morgan fingerprint density at radius 2 is 2.20 bits per heavy atom. The van der Waals surface area contributed by atoms with Gasteiger partial charge in [0.15, 0.2) is 0 Å². The molecule has 0 aromatic heterocycles. The van der Waals surface area contributed by atoms with Gasteiger partial charge in [0, 0.05) is 11.7 Å². The Morgan fingerprint density at radius 1 is 1.47 bits per heavy atom. The van der Waals surface area contributed by atoms with E-state index in [4.69, 9.17) is 0 Å². The molecule has 80 valence electrons. The summed E-state index contributed by atoms with van der Waals surface area (Å²) in [4.78, 5) is 11.3. The number of benzene rings is 1. The van der Waals surface area contributed by atoms with E-state index in [1.165, 1.54) is 18.2 Å². The summed E-state index contributed by atoms with van der Waals surface area (Å²) < 4.78 is 13.2. The molecule has 1 aliphatic rings. The zero-order valence-electron chi connectivity index (χ0n) is 7.89. The third-order valence-electron chi connectivity index (χ3n) is 2.09. The Kier molecular flexibility index (Phi) is 2.90. The largest absolute Gasteiger partial charge is 0.335 e. The predicted molar refractivity (Wildman–Crippen MR) is 59.3 cm³/mol. The molecular weight excluding hydrogens is 263 g/mol. The van der Waals surface area contributed by atoms with Crippen molar-refractivity contribution in [3.05, 3.63) is 28.5 Å². The zero-order valence-corrected chi connectivity index (χ0v) is 9.47. The average Bonchev–Trinajstić information content (AvgIpc) is 2.95. The summed E-state index contributed by atoms with van der Waals surface area (Å²) in [6, 6.07) is 4.43. The minimum Gasteiger partial charge on any atom is -0.335 e. The topological polar surface area (TPSA) is 41.1 Å². The SMILES string of the molecule is O=C(Nc1ccc(F)c(Br)c1)NC1CC1. The highest BCUT2D eigenvalue weighted by Crippen LogP contribution is 2.21. The second-order valence-corrected chi connectivity index (χ2v) is 4.36. The number of rotatable bonds is 2. The maximum absolute atomic E-state index is 12.9. The third kappa shape index (κ3) is 2.92. The zero-order chi connectivity index (χ0) is 10.8. The maximum Gasteiger partial charge on any atom is 0.319 e. The normalized spacial score (nSPS) is 14.8. The standard InChI is InChI=1S/C10H10BrFN2O/c11-8-5-7(3-4-9(8)12)14-10(15)13-6-1-2-6/h3-6H,1-2H2,(H2,13,14,15). The van der Waals surface area contributed by atoms with Crippen molar-refractivity contribution in [2.45, 2.75) is 18.9 Å². The molecule has 1 aliphatic carbocycles. The first kappa shape index (κ1) is 10.4. The number of anilines is 1. The lowest BCUT2D eigenvalue weighted by molar-refractivity contribution is 0.251. The molecule has 0 saturated heterocycles. The first-order chi connectivity index (χ1) is 7.15. The quantitative estimate of drug-likeness (QED) is 0.854. The predicted octanol–water partition coefficient (Wildman–Crippen LogP) is 2.87. The van der Waals surface area contributed by atoms with Gasteiger partial charge in [0.2, 0.25) is 0 Å². The van der Waals surface area contributed by atoms with E-state index >= 15 is 0 Å². The molecule has 0 atom stereocenters. The van der Waals surface area contributed by atoms with Crippen molar-refractivity contribution >= 4 is 27.6 Å². The Bertz CT molecular complexity index is 393. The number of carbonyl (C=O) groups excluding carboxylic acids is 1. The molecule has 0 bridgehead atoms. The van der Waals surface area contributed by atoms with Crippen LogP contribution in [0, 0.1) is 5.82 Å². The number of urea groups is 1. The molecule has 0 radical (unpaired) electrons. The molecule has 0 aliphatic heterocycles. The van der Waals surface area contributed by atoms with Crippen LogP contribution < -0.4 is 10.6 Å². The molecule has 0 spiro atoms. The van der Waals surface area contributed by atoms with Crippen molar-refractivity contribution in [1.29, 1.82) is 0 Å². The van der Waals surface area contributed by atoms with Crippen molar-refractivity contribution in [2.24, 2.45) is 0 Å². The molecule has 1 saturated carbocycles. The van der Waals surface area contributed by atoms with Crippen molar-refractivity contribution in [3.63, 3.8) is 0 Å². The monoisotopic (exact) mass is 272 g/mol. The van der Waals surface area contributed by atoms with E-state index in [-0.39, 0.29) is 11.8 Å². The van der Waals surface area contributed by atoms with Crippen LogP contribution in [0.15, 0.2) is 22.7 Å². The fraction of sp³-hybridized carbons (Fsp3) is 0.300. The third-order valence-corrected chi connectivity index (χ3v) is 2.70. The summed E-state index contributed by atoms with van der Waals surface area (Å²) in [6.07, 6.45) is 2.08. The molecule has 5 heteroatoms. The van der Waals surface area contributed by atoms with Crippen LogP contribution in [0.3, 0.4) is 0 Å². The van der Waals surface area contributed by atoms with E-state index < -0.39 is 0 Å². The number of carbonyl (C=O) groups is 1. The summed E-state index contributed by atoms with van der Waals surface area (Å²) in [5.74, 6) is -0.344. The van der Waals surface area contributed by atoms with E-state index in [1.807, 2.05) is 0 Å². The summed E-state index contributed by atoms with van der Waals surface area (Å²) in [5, 5.41) is 5.41. The second-order valence-electron chi connectivity index (χ2n) is 3.50.